The normalized spacial score (nSPS) is 18.0. The Morgan fingerprint density at radius 1 is 1.10 bits per heavy atom. The van der Waals surface area contributed by atoms with E-state index >= 15 is 0 Å². The Bertz CT molecular complexity index is 619. The smallest absolute Gasteiger partial charge is 0.0488 e. The second-order valence-electron chi connectivity index (χ2n) is 6.70. The number of hydrogen-bond acceptors (Lipinski definition) is 2. The maximum atomic E-state index is 2.59. The molecule has 0 spiro atoms. The van der Waals surface area contributed by atoms with Gasteiger partial charge in [-0.3, -0.25) is 4.90 Å². The molecular formula is C18H27N3. The number of aromatic nitrogens is 1. The molecule has 0 aliphatic carbocycles. The summed E-state index contributed by atoms with van der Waals surface area (Å²) in [6.45, 7) is 12.6. The van der Waals surface area contributed by atoms with E-state index in [1.165, 1.54) is 48.2 Å². The molecule has 2 heterocycles. The van der Waals surface area contributed by atoms with Gasteiger partial charge >= 0.3 is 0 Å². The first kappa shape index (κ1) is 14.6. The molecule has 114 valence electrons. The lowest BCUT2D eigenvalue weighted by molar-refractivity contribution is 0.148. The predicted octanol–water partition coefficient (Wildman–Crippen LogP) is 3.28. The fraction of sp³-hybridized carbons (Fsp3) is 0.556. The monoisotopic (exact) mass is 285 g/mol. The van der Waals surface area contributed by atoms with Gasteiger partial charge in [-0.05, 0) is 45.0 Å². The molecule has 1 aromatic carbocycles. The maximum Gasteiger partial charge on any atom is 0.0488 e. The van der Waals surface area contributed by atoms with Crippen molar-refractivity contribution in [1.29, 1.82) is 0 Å². The van der Waals surface area contributed by atoms with E-state index in [0.29, 0.717) is 6.04 Å². The van der Waals surface area contributed by atoms with Gasteiger partial charge in [0.15, 0.2) is 0 Å². The molecule has 0 radical (unpaired) electrons. The van der Waals surface area contributed by atoms with Crippen LogP contribution in [-0.2, 0) is 6.54 Å². The molecule has 1 aliphatic heterocycles. The van der Waals surface area contributed by atoms with Crippen LogP contribution in [0.2, 0.25) is 0 Å². The maximum absolute atomic E-state index is 2.59. The molecule has 1 saturated heterocycles. The van der Waals surface area contributed by atoms with Crippen LogP contribution in [0.15, 0.2) is 24.4 Å². The molecule has 3 rings (SSSR count). The molecule has 0 unspecified atom stereocenters. The van der Waals surface area contributed by atoms with Crippen molar-refractivity contribution in [3.63, 3.8) is 0 Å². The topological polar surface area (TPSA) is 11.4 Å². The molecule has 3 nitrogen and oxygen atoms in total. The molecule has 21 heavy (non-hydrogen) atoms. The summed E-state index contributed by atoms with van der Waals surface area (Å²) >= 11 is 0. The fourth-order valence-corrected chi connectivity index (χ4v) is 3.38. The summed E-state index contributed by atoms with van der Waals surface area (Å²) in [6, 6.07) is 7.18. The van der Waals surface area contributed by atoms with Gasteiger partial charge in [0, 0.05) is 55.9 Å². The SMILES string of the molecule is Cc1cccc2c1c(CN1CCN(C)CC1)cn2C(C)C. The van der Waals surface area contributed by atoms with E-state index in [4.69, 9.17) is 0 Å². The quantitative estimate of drug-likeness (QED) is 0.857. The van der Waals surface area contributed by atoms with Crippen LogP contribution in [0.5, 0.6) is 0 Å². The summed E-state index contributed by atoms with van der Waals surface area (Å²) < 4.78 is 2.42. The minimum atomic E-state index is 0.510. The fourth-order valence-electron chi connectivity index (χ4n) is 3.38. The third kappa shape index (κ3) is 2.85. The molecule has 1 fully saturated rings. The van der Waals surface area contributed by atoms with Crippen LogP contribution in [0, 0.1) is 6.92 Å². The van der Waals surface area contributed by atoms with E-state index < -0.39 is 0 Å². The van der Waals surface area contributed by atoms with Crippen LogP contribution in [0.4, 0.5) is 0 Å². The van der Waals surface area contributed by atoms with Gasteiger partial charge in [-0.2, -0.15) is 0 Å². The number of likely N-dealkylation sites (N-methyl/N-ethyl adjacent to an activating group) is 1. The summed E-state index contributed by atoms with van der Waals surface area (Å²) in [5, 5.41) is 1.46. The average molecular weight is 285 g/mol. The van der Waals surface area contributed by atoms with Crippen LogP contribution in [-0.4, -0.2) is 47.6 Å². The third-order valence-corrected chi connectivity index (χ3v) is 4.69. The molecule has 0 bridgehead atoms. The van der Waals surface area contributed by atoms with Gasteiger partial charge in [0.2, 0.25) is 0 Å². The standard InChI is InChI=1S/C18H27N3/c1-14(2)21-13-16(12-20-10-8-19(4)9-11-20)18-15(3)6-5-7-17(18)21/h5-7,13-14H,8-12H2,1-4H3. The van der Waals surface area contributed by atoms with Crippen molar-refractivity contribution < 1.29 is 0 Å². The van der Waals surface area contributed by atoms with E-state index in [-0.39, 0.29) is 0 Å². The van der Waals surface area contributed by atoms with Crippen LogP contribution in [0.1, 0.15) is 31.0 Å². The van der Waals surface area contributed by atoms with Crippen molar-refractivity contribution in [1.82, 2.24) is 14.4 Å². The van der Waals surface area contributed by atoms with Crippen LogP contribution < -0.4 is 0 Å². The van der Waals surface area contributed by atoms with E-state index in [2.05, 4.69) is 66.6 Å². The average Bonchev–Trinajstić information content (AvgIpc) is 2.82. The molecule has 0 saturated carbocycles. The lowest BCUT2D eigenvalue weighted by Crippen LogP contribution is -2.43. The number of aryl methyl sites for hydroxylation is 1. The number of rotatable bonds is 3. The lowest BCUT2D eigenvalue weighted by Gasteiger charge is -2.32. The molecule has 1 aromatic heterocycles. The lowest BCUT2D eigenvalue weighted by atomic mass is 10.1. The Hall–Kier alpha value is -1.32. The molecule has 0 amide bonds. The van der Waals surface area contributed by atoms with Gasteiger partial charge in [0.05, 0.1) is 0 Å². The molecule has 0 N–H and O–H groups in total. The predicted molar refractivity (Wildman–Crippen MR) is 89.8 cm³/mol. The summed E-state index contributed by atoms with van der Waals surface area (Å²) in [5.41, 5.74) is 4.27. The summed E-state index contributed by atoms with van der Waals surface area (Å²) in [4.78, 5) is 5.00. The van der Waals surface area contributed by atoms with Gasteiger partial charge in [0.25, 0.3) is 0 Å². The van der Waals surface area contributed by atoms with Crippen molar-refractivity contribution >= 4 is 10.9 Å². The summed E-state index contributed by atoms with van der Waals surface area (Å²) in [7, 11) is 2.21. The van der Waals surface area contributed by atoms with Crippen LogP contribution in [0.25, 0.3) is 10.9 Å². The first-order chi connectivity index (χ1) is 10.1. The van der Waals surface area contributed by atoms with Crippen LogP contribution >= 0.6 is 0 Å². The number of nitrogens with zero attached hydrogens (tertiary/aromatic N) is 3. The Kier molecular flexibility index (Phi) is 4.05. The third-order valence-electron chi connectivity index (χ3n) is 4.69. The highest BCUT2D eigenvalue weighted by Crippen LogP contribution is 2.28. The van der Waals surface area contributed by atoms with Gasteiger partial charge in [-0.1, -0.05) is 12.1 Å². The summed E-state index contributed by atoms with van der Waals surface area (Å²) in [5.74, 6) is 0. The van der Waals surface area contributed by atoms with Gasteiger partial charge in [0.1, 0.15) is 0 Å². The van der Waals surface area contributed by atoms with Gasteiger partial charge < -0.3 is 9.47 Å². The second kappa shape index (κ2) is 5.82. The molecular weight excluding hydrogens is 258 g/mol. The molecule has 3 heteroatoms. The van der Waals surface area contributed by atoms with Gasteiger partial charge in [-0.25, -0.2) is 0 Å². The zero-order valence-electron chi connectivity index (χ0n) is 13.8. The number of fused-ring (bicyclic) bond motifs is 1. The second-order valence-corrected chi connectivity index (χ2v) is 6.70. The zero-order valence-corrected chi connectivity index (χ0v) is 13.8. The first-order valence-corrected chi connectivity index (χ1v) is 8.06. The highest BCUT2D eigenvalue weighted by Gasteiger charge is 2.18. The Morgan fingerprint density at radius 3 is 2.48 bits per heavy atom. The number of hydrogen-bond donors (Lipinski definition) is 0. The van der Waals surface area contributed by atoms with E-state index in [9.17, 15) is 0 Å². The van der Waals surface area contributed by atoms with E-state index in [1.54, 1.807) is 0 Å². The number of benzene rings is 1. The number of piperazine rings is 1. The van der Waals surface area contributed by atoms with Crippen molar-refractivity contribution in [2.75, 3.05) is 33.2 Å². The Labute approximate surface area is 128 Å². The molecule has 2 aromatic rings. The van der Waals surface area contributed by atoms with Crippen molar-refractivity contribution in [2.24, 2.45) is 0 Å². The molecule has 0 atom stereocenters. The largest absolute Gasteiger partial charge is 0.345 e. The Balaban J connectivity index is 1.94. The highest BCUT2D eigenvalue weighted by atomic mass is 15.2. The van der Waals surface area contributed by atoms with E-state index in [1.807, 2.05) is 0 Å². The van der Waals surface area contributed by atoms with E-state index in [0.717, 1.165) is 6.54 Å². The van der Waals surface area contributed by atoms with Gasteiger partial charge in [-0.15, -0.1) is 0 Å². The Morgan fingerprint density at radius 2 is 1.81 bits per heavy atom. The van der Waals surface area contributed by atoms with Crippen molar-refractivity contribution in [2.45, 2.75) is 33.4 Å². The zero-order chi connectivity index (χ0) is 15.0. The highest BCUT2D eigenvalue weighted by molar-refractivity contribution is 5.87. The minimum absolute atomic E-state index is 0.510. The van der Waals surface area contributed by atoms with Crippen molar-refractivity contribution in [3.8, 4) is 0 Å². The minimum Gasteiger partial charge on any atom is -0.345 e. The first-order valence-electron chi connectivity index (χ1n) is 8.06. The molecule has 1 aliphatic rings. The van der Waals surface area contributed by atoms with Crippen molar-refractivity contribution in [3.05, 3.63) is 35.5 Å². The van der Waals surface area contributed by atoms with Crippen LogP contribution in [0.3, 0.4) is 0 Å². The summed E-state index contributed by atoms with van der Waals surface area (Å²) in [6.07, 6.45) is 2.38.